The van der Waals surface area contributed by atoms with E-state index in [0.29, 0.717) is 19.5 Å². The van der Waals surface area contributed by atoms with Gasteiger partial charge in [-0.25, -0.2) is 0 Å². The Balaban J connectivity index is 1.99. The monoisotopic (exact) mass is 263 g/mol. The van der Waals surface area contributed by atoms with Gasteiger partial charge in [-0.05, 0) is 38.4 Å². The minimum absolute atomic E-state index is 0.0325. The molecule has 0 aliphatic carbocycles. The van der Waals surface area contributed by atoms with Crippen molar-refractivity contribution in [2.45, 2.75) is 38.3 Å². The number of hydrogen-bond acceptors (Lipinski definition) is 4. The zero-order valence-corrected chi connectivity index (χ0v) is 11.3. The van der Waals surface area contributed by atoms with E-state index in [9.17, 15) is 9.90 Å². The Bertz CT molecular complexity index is 464. The maximum atomic E-state index is 11.0. The largest absolute Gasteiger partial charge is 0.388 e. The molecule has 1 unspecified atom stereocenters. The molecule has 0 radical (unpaired) electrons. The first-order valence-corrected chi connectivity index (χ1v) is 6.62. The zero-order chi connectivity index (χ0) is 13.9. The number of amides is 1. The van der Waals surface area contributed by atoms with Crippen molar-refractivity contribution < 1.29 is 9.90 Å². The summed E-state index contributed by atoms with van der Waals surface area (Å²) in [5.74, 6) is -0.446. The summed E-state index contributed by atoms with van der Waals surface area (Å²) in [6, 6.07) is 5.93. The first-order valence-electron chi connectivity index (χ1n) is 6.62. The molecular weight excluding hydrogens is 242 g/mol. The third-order valence-electron chi connectivity index (χ3n) is 3.47. The molecular formula is C14H21N3O2. The van der Waals surface area contributed by atoms with Gasteiger partial charge in [0, 0.05) is 18.8 Å². The van der Waals surface area contributed by atoms with Crippen LogP contribution in [0, 0.1) is 6.92 Å². The van der Waals surface area contributed by atoms with E-state index in [1.54, 1.807) is 0 Å². The first kappa shape index (κ1) is 14.0. The molecule has 5 nitrogen and oxygen atoms in total. The Morgan fingerprint density at radius 1 is 1.58 bits per heavy atom. The molecule has 5 heteroatoms. The van der Waals surface area contributed by atoms with Crippen molar-refractivity contribution in [3.05, 3.63) is 29.6 Å². The predicted octanol–water partition coefficient (Wildman–Crippen LogP) is 0.592. The third-order valence-corrected chi connectivity index (χ3v) is 3.47. The maximum absolute atomic E-state index is 11.0. The van der Waals surface area contributed by atoms with Gasteiger partial charge in [0.2, 0.25) is 5.91 Å². The summed E-state index contributed by atoms with van der Waals surface area (Å²) in [6.07, 6.45) is 1.54. The van der Waals surface area contributed by atoms with E-state index in [2.05, 4.69) is 9.88 Å². The van der Waals surface area contributed by atoms with Gasteiger partial charge in [-0.2, -0.15) is 0 Å². The third kappa shape index (κ3) is 4.01. The van der Waals surface area contributed by atoms with Crippen LogP contribution in [0.4, 0.5) is 0 Å². The van der Waals surface area contributed by atoms with Crippen molar-refractivity contribution in [1.82, 2.24) is 9.88 Å². The Morgan fingerprint density at radius 3 is 3.05 bits per heavy atom. The fraction of sp³-hybridized carbons (Fsp3) is 0.571. The smallest absolute Gasteiger partial charge is 0.220 e. The fourth-order valence-corrected chi connectivity index (χ4v) is 2.73. The zero-order valence-electron chi connectivity index (χ0n) is 11.3. The minimum Gasteiger partial charge on any atom is -0.388 e. The molecule has 0 bridgehead atoms. The number of hydrogen-bond donors (Lipinski definition) is 2. The van der Waals surface area contributed by atoms with Gasteiger partial charge in [0.15, 0.2) is 0 Å². The van der Waals surface area contributed by atoms with Crippen LogP contribution >= 0.6 is 0 Å². The molecule has 0 saturated carbocycles. The number of piperidine rings is 1. The van der Waals surface area contributed by atoms with Crippen LogP contribution in [0.3, 0.4) is 0 Å². The number of nitrogens with two attached hydrogens (primary N) is 1. The van der Waals surface area contributed by atoms with Gasteiger partial charge in [0.05, 0.1) is 17.7 Å². The molecule has 3 N–H and O–H groups in total. The van der Waals surface area contributed by atoms with Crippen molar-refractivity contribution in [2.75, 3.05) is 13.1 Å². The van der Waals surface area contributed by atoms with E-state index < -0.39 is 11.5 Å². The average Bonchev–Trinajstić information content (AvgIpc) is 2.27. The highest BCUT2D eigenvalue weighted by Crippen LogP contribution is 2.25. The molecule has 19 heavy (non-hydrogen) atoms. The van der Waals surface area contributed by atoms with Gasteiger partial charge in [-0.3, -0.25) is 14.7 Å². The van der Waals surface area contributed by atoms with Crippen LogP contribution in [0.25, 0.3) is 0 Å². The lowest BCUT2D eigenvalue weighted by Crippen LogP contribution is -2.49. The number of aromatic nitrogens is 1. The van der Waals surface area contributed by atoms with Crippen molar-refractivity contribution in [2.24, 2.45) is 5.73 Å². The number of likely N-dealkylation sites (tertiary alicyclic amines) is 1. The normalized spacial score (nSPS) is 24.3. The standard InChI is InChI=1S/C14H21N3O2/c1-11-4-2-5-12(16-11)9-17-7-3-6-14(19,10-17)8-13(15)18/h2,4-5,19H,3,6-10H2,1H3,(H2,15,18). The van der Waals surface area contributed by atoms with E-state index >= 15 is 0 Å². The molecule has 2 heterocycles. The highest BCUT2D eigenvalue weighted by atomic mass is 16.3. The van der Waals surface area contributed by atoms with E-state index in [4.69, 9.17) is 5.73 Å². The number of β-amino-alcohol motifs (C(OH)–C–C–N with tert-alkyl or cyclic N) is 1. The molecule has 1 aromatic rings. The topological polar surface area (TPSA) is 79.5 Å². The number of aliphatic hydroxyl groups is 1. The van der Waals surface area contributed by atoms with E-state index in [1.165, 1.54) is 0 Å². The van der Waals surface area contributed by atoms with E-state index in [-0.39, 0.29) is 6.42 Å². The number of pyridine rings is 1. The van der Waals surface area contributed by atoms with Gasteiger partial charge >= 0.3 is 0 Å². The number of carbonyl (C=O) groups excluding carboxylic acids is 1. The Hall–Kier alpha value is -1.46. The second-order valence-corrected chi connectivity index (χ2v) is 5.45. The van der Waals surface area contributed by atoms with Crippen LogP contribution in [0.15, 0.2) is 18.2 Å². The van der Waals surface area contributed by atoms with Crippen LogP contribution in [-0.2, 0) is 11.3 Å². The molecule has 1 saturated heterocycles. The summed E-state index contributed by atoms with van der Waals surface area (Å²) in [4.78, 5) is 17.6. The highest BCUT2D eigenvalue weighted by Gasteiger charge is 2.34. The molecule has 1 aliphatic heterocycles. The molecule has 1 amide bonds. The Kier molecular flexibility index (Phi) is 4.17. The summed E-state index contributed by atoms with van der Waals surface area (Å²) in [6.45, 7) is 4.05. The quantitative estimate of drug-likeness (QED) is 0.833. The SMILES string of the molecule is Cc1cccc(CN2CCCC(O)(CC(N)=O)C2)n1. The summed E-state index contributed by atoms with van der Waals surface area (Å²) in [5, 5.41) is 10.4. The summed E-state index contributed by atoms with van der Waals surface area (Å²) in [5.41, 5.74) is 6.20. The minimum atomic E-state index is -0.978. The lowest BCUT2D eigenvalue weighted by atomic mass is 9.89. The van der Waals surface area contributed by atoms with Crippen molar-refractivity contribution in [3.8, 4) is 0 Å². The molecule has 0 aromatic carbocycles. The van der Waals surface area contributed by atoms with Crippen LogP contribution in [0.5, 0.6) is 0 Å². The number of carbonyl (C=O) groups is 1. The van der Waals surface area contributed by atoms with Crippen molar-refractivity contribution in [1.29, 1.82) is 0 Å². The Morgan fingerprint density at radius 2 is 2.37 bits per heavy atom. The summed E-state index contributed by atoms with van der Waals surface area (Å²) >= 11 is 0. The summed E-state index contributed by atoms with van der Waals surface area (Å²) in [7, 11) is 0. The van der Waals surface area contributed by atoms with Crippen LogP contribution in [0.2, 0.25) is 0 Å². The number of rotatable bonds is 4. The first-order chi connectivity index (χ1) is 8.97. The van der Waals surface area contributed by atoms with Crippen LogP contribution in [-0.4, -0.2) is 39.6 Å². The van der Waals surface area contributed by atoms with E-state index in [0.717, 1.165) is 24.4 Å². The van der Waals surface area contributed by atoms with Gasteiger partial charge in [0.25, 0.3) is 0 Å². The van der Waals surface area contributed by atoms with Crippen molar-refractivity contribution in [3.63, 3.8) is 0 Å². The van der Waals surface area contributed by atoms with Crippen LogP contribution in [0.1, 0.15) is 30.7 Å². The second kappa shape index (κ2) is 5.67. The molecule has 1 aromatic heterocycles. The van der Waals surface area contributed by atoms with Crippen LogP contribution < -0.4 is 5.73 Å². The molecule has 0 spiro atoms. The number of nitrogens with zero attached hydrogens (tertiary/aromatic N) is 2. The van der Waals surface area contributed by atoms with Gasteiger partial charge in [-0.1, -0.05) is 6.07 Å². The number of aryl methyl sites for hydroxylation is 1. The molecule has 2 rings (SSSR count). The fourth-order valence-electron chi connectivity index (χ4n) is 2.73. The molecule has 1 fully saturated rings. The maximum Gasteiger partial charge on any atom is 0.220 e. The highest BCUT2D eigenvalue weighted by molar-refractivity contribution is 5.75. The van der Waals surface area contributed by atoms with E-state index in [1.807, 2.05) is 25.1 Å². The van der Waals surface area contributed by atoms with Crippen molar-refractivity contribution >= 4 is 5.91 Å². The van der Waals surface area contributed by atoms with Gasteiger partial charge < -0.3 is 10.8 Å². The second-order valence-electron chi connectivity index (χ2n) is 5.45. The summed E-state index contributed by atoms with van der Waals surface area (Å²) < 4.78 is 0. The van der Waals surface area contributed by atoms with Gasteiger partial charge in [0.1, 0.15) is 0 Å². The number of primary amides is 1. The lowest BCUT2D eigenvalue weighted by Gasteiger charge is -2.38. The molecule has 104 valence electrons. The Labute approximate surface area is 113 Å². The lowest BCUT2D eigenvalue weighted by molar-refractivity contribution is -0.125. The average molecular weight is 263 g/mol. The predicted molar refractivity (Wildman–Crippen MR) is 72.2 cm³/mol. The van der Waals surface area contributed by atoms with Gasteiger partial charge in [-0.15, -0.1) is 0 Å². The molecule has 1 atom stereocenters. The molecule has 1 aliphatic rings.